The van der Waals surface area contributed by atoms with Crippen molar-refractivity contribution in [3.05, 3.63) is 42.0 Å². The fourth-order valence-corrected chi connectivity index (χ4v) is 5.04. The van der Waals surface area contributed by atoms with E-state index in [2.05, 4.69) is 17.3 Å². The molecular weight excluding hydrogens is 314 g/mol. The predicted octanol–water partition coefficient (Wildman–Crippen LogP) is 2.14. The van der Waals surface area contributed by atoms with Crippen LogP contribution in [0.15, 0.2) is 41.5 Å². The zero-order chi connectivity index (χ0) is 17.3. The van der Waals surface area contributed by atoms with Gasteiger partial charge in [0, 0.05) is 19.8 Å². The van der Waals surface area contributed by atoms with Gasteiger partial charge in [0.1, 0.15) is 0 Å². The SMILES string of the molecule is CN(C)c1ccc(/C=N\N2C(=O)[C@H]3[C@@H]4C=C[C@H]([C@H]5C[C@H]45)[C@@H]3C2=O)cc1. The van der Waals surface area contributed by atoms with E-state index < -0.39 is 0 Å². The Morgan fingerprint density at radius 1 is 1.00 bits per heavy atom. The summed E-state index contributed by atoms with van der Waals surface area (Å²) in [6, 6.07) is 7.87. The molecular formula is C20H21N3O2. The molecule has 5 nitrogen and oxygen atoms in total. The van der Waals surface area contributed by atoms with Crippen LogP contribution in [0.1, 0.15) is 12.0 Å². The van der Waals surface area contributed by atoms with E-state index in [4.69, 9.17) is 0 Å². The van der Waals surface area contributed by atoms with Crippen LogP contribution in [0.2, 0.25) is 0 Å². The smallest absolute Gasteiger partial charge is 0.254 e. The highest BCUT2D eigenvalue weighted by Gasteiger charge is 2.67. The summed E-state index contributed by atoms with van der Waals surface area (Å²) < 4.78 is 0. The zero-order valence-corrected chi connectivity index (χ0v) is 14.4. The highest BCUT2D eigenvalue weighted by atomic mass is 16.2. The van der Waals surface area contributed by atoms with Gasteiger partial charge in [-0.3, -0.25) is 9.59 Å². The minimum atomic E-state index is -0.181. The standard InChI is InChI=1S/C20H21N3O2/c1-22(2)12-5-3-11(4-6-12)10-21-23-19(24)17-13-7-8-14(16-9-15(13)16)18(17)20(23)25/h3-8,10,13-18H,9H2,1-2H3/b21-10-/t13-,14-,15-,16-,17+,18+/m1/s1. The molecule has 0 radical (unpaired) electrons. The van der Waals surface area contributed by atoms with Gasteiger partial charge in [-0.05, 0) is 47.8 Å². The topological polar surface area (TPSA) is 53.0 Å². The van der Waals surface area contributed by atoms with Gasteiger partial charge in [-0.2, -0.15) is 10.1 Å². The molecule has 2 amide bonds. The Balaban J connectivity index is 1.39. The predicted molar refractivity (Wildman–Crippen MR) is 94.9 cm³/mol. The molecule has 0 N–H and O–H groups in total. The fourth-order valence-electron chi connectivity index (χ4n) is 5.04. The van der Waals surface area contributed by atoms with E-state index in [1.807, 2.05) is 43.3 Å². The summed E-state index contributed by atoms with van der Waals surface area (Å²) in [5, 5.41) is 5.39. The summed E-state index contributed by atoms with van der Waals surface area (Å²) in [5.74, 6) is 1.15. The number of anilines is 1. The largest absolute Gasteiger partial charge is 0.378 e. The number of hydrogen-bond acceptors (Lipinski definition) is 4. The van der Waals surface area contributed by atoms with E-state index in [9.17, 15) is 9.59 Å². The maximum Gasteiger partial charge on any atom is 0.254 e. The zero-order valence-electron chi connectivity index (χ0n) is 14.4. The number of carbonyl (C=O) groups is 2. The maximum absolute atomic E-state index is 12.8. The normalized spacial score (nSPS) is 37.6. The van der Waals surface area contributed by atoms with Gasteiger partial charge < -0.3 is 4.90 Å². The van der Waals surface area contributed by atoms with Crippen molar-refractivity contribution in [3.8, 4) is 0 Å². The minimum absolute atomic E-state index is 0.110. The number of allylic oxidation sites excluding steroid dienone is 2. The Labute approximate surface area is 147 Å². The molecule has 4 aliphatic carbocycles. The summed E-state index contributed by atoms with van der Waals surface area (Å²) in [5.41, 5.74) is 1.98. The molecule has 1 aromatic carbocycles. The van der Waals surface area contributed by atoms with E-state index in [0.717, 1.165) is 16.3 Å². The van der Waals surface area contributed by atoms with E-state index in [-0.39, 0.29) is 35.5 Å². The van der Waals surface area contributed by atoms with Crippen LogP contribution < -0.4 is 4.90 Å². The lowest BCUT2D eigenvalue weighted by atomic mass is 9.63. The van der Waals surface area contributed by atoms with Crippen molar-refractivity contribution >= 4 is 23.7 Å². The number of rotatable bonds is 3. The van der Waals surface area contributed by atoms with Crippen LogP contribution in [-0.2, 0) is 9.59 Å². The van der Waals surface area contributed by atoms with E-state index >= 15 is 0 Å². The van der Waals surface area contributed by atoms with Gasteiger partial charge in [0.25, 0.3) is 11.8 Å². The third kappa shape index (κ3) is 2.04. The van der Waals surface area contributed by atoms with Crippen molar-refractivity contribution in [1.82, 2.24) is 5.01 Å². The molecule has 3 fully saturated rings. The molecule has 0 unspecified atom stereocenters. The van der Waals surface area contributed by atoms with Gasteiger partial charge in [-0.25, -0.2) is 0 Å². The number of hydrazone groups is 1. The Hall–Kier alpha value is -2.43. The molecule has 1 heterocycles. The second kappa shape index (κ2) is 5.04. The third-order valence-electron chi connectivity index (χ3n) is 6.37. The number of hydrogen-bond donors (Lipinski definition) is 0. The molecule has 1 saturated heterocycles. The summed E-state index contributed by atoms with van der Waals surface area (Å²) >= 11 is 0. The first-order valence-corrected chi connectivity index (χ1v) is 8.94. The van der Waals surface area contributed by atoms with Gasteiger partial charge >= 0.3 is 0 Å². The Morgan fingerprint density at radius 2 is 1.56 bits per heavy atom. The lowest BCUT2D eigenvalue weighted by Gasteiger charge is -2.37. The van der Waals surface area contributed by atoms with Crippen LogP contribution in [0.25, 0.3) is 0 Å². The van der Waals surface area contributed by atoms with E-state index in [0.29, 0.717) is 11.8 Å². The molecule has 128 valence electrons. The Bertz CT molecular complexity index is 775. The average Bonchev–Trinajstić information content (AvgIpc) is 3.39. The average molecular weight is 335 g/mol. The molecule has 6 atom stereocenters. The highest BCUT2D eigenvalue weighted by molar-refractivity contribution is 6.06. The van der Waals surface area contributed by atoms with Crippen molar-refractivity contribution < 1.29 is 9.59 Å². The monoisotopic (exact) mass is 335 g/mol. The molecule has 6 rings (SSSR count). The van der Waals surface area contributed by atoms with E-state index in [1.165, 1.54) is 6.42 Å². The van der Waals surface area contributed by atoms with E-state index in [1.54, 1.807) is 6.21 Å². The summed E-state index contributed by atoms with van der Waals surface area (Å²) in [6.45, 7) is 0. The van der Waals surface area contributed by atoms with Gasteiger partial charge in [0.15, 0.2) is 0 Å². The summed E-state index contributed by atoms with van der Waals surface area (Å²) in [4.78, 5) is 27.7. The number of carbonyl (C=O) groups excluding carboxylic acids is 2. The third-order valence-corrected chi connectivity index (χ3v) is 6.37. The minimum Gasteiger partial charge on any atom is -0.378 e. The van der Waals surface area contributed by atoms with Crippen LogP contribution >= 0.6 is 0 Å². The lowest BCUT2D eigenvalue weighted by Crippen LogP contribution is -2.40. The number of amides is 2. The first-order valence-electron chi connectivity index (χ1n) is 8.94. The Morgan fingerprint density at radius 3 is 2.08 bits per heavy atom. The second-order valence-corrected chi connectivity index (χ2v) is 7.87. The molecule has 5 heteroatoms. The van der Waals surface area contributed by atoms with Crippen LogP contribution in [0.3, 0.4) is 0 Å². The van der Waals surface area contributed by atoms with Gasteiger partial charge in [0.2, 0.25) is 0 Å². The van der Waals surface area contributed by atoms with Crippen LogP contribution in [0, 0.1) is 35.5 Å². The van der Waals surface area contributed by atoms with Crippen LogP contribution in [0.5, 0.6) is 0 Å². The second-order valence-electron chi connectivity index (χ2n) is 7.87. The van der Waals surface area contributed by atoms with Crippen LogP contribution in [-0.4, -0.2) is 37.1 Å². The molecule has 2 bridgehead atoms. The van der Waals surface area contributed by atoms with Gasteiger partial charge in [-0.15, -0.1) is 0 Å². The Kier molecular flexibility index (Phi) is 3.00. The maximum atomic E-state index is 12.8. The molecule has 0 spiro atoms. The molecule has 1 aromatic rings. The van der Waals surface area contributed by atoms with Crippen LogP contribution in [0.4, 0.5) is 5.69 Å². The number of imide groups is 1. The van der Waals surface area contributed by atoms with Crippen molar-refractivity contribution in [3.63, 3.8) is 0 Å². The number of benzene rings is 1. The van der Waals surface area contributed by atoms with Crippen molar-refractivity contribution in [2.75, 3.05) is 19.0 Å². The molecule has 1 aliphatic heterocycles. The first-order chi connectivity index (χ1) is 12.1. The summed E-state index contributed by atoms with van der Waals surface area (Å²) in [7, 11) is 3.97. The molecule has 5 aliphatic rings. The van der Waals surface area contributed by atoms with Gasteiger partial charge in [0.05, 0.1) is 18.1 Å². The number of nitrogens with zero attached hydrogens (tertiary/aromatic N) is 3. The summed E-state index contributed by atoms with van der Waals surface area (Å²) in [6.07, 6.45) is 7.15. The molecule has 2 saturated carbocycles. The first kappa shape index (κ1) is 14.9. The van der Waals surface area contributed by atoms with Crippen molar-refractivity contribution in [2.24, 2.45) is 40.6 Å². The van der Waals surface area contributed by atoms with Crippen molar-refractivity contribution in [1.29, 1.82) is 0 Å². The fraction of sp³-hybridized carbons (Fsp3) is 0.450. The molecule has 25 heavy (non-hydrogen) atoms. The quantitative estimate of drug-likeness (QED) is 0.483. The van der Waals surface area contributed by atoms with Gasteiger partial charge in [-0.1, -0.05) is 24.3 Å². The lowest BCUT2D eigenvalue weighted by molar-refractivity contribution is -0.140. The highest BCUT2D eigenvalue weighted by Crippen LogP contribution is 2.65. The molecule has 0 aromatic heterocycles. The van der Waals surface area contributed by atoms with Crippen molar-refractivity contribution in [2.45, 2.75) is 6.42 Å².